The molecule has 2 saturated heterocycles. The summed E-state index contributed by atoms with van der Waals surface area (Å²) in [6.07, 6.45) is -0.274. The van der Waals surface area contributed by atoms with Gasteiger partial charge in [0.25, 0.3) is 5.91 Å². The topological polar surface area (TPSA) is 78.9 Å². The molecule has 0 bridgehead atoms. The third-order valence-corrected chi connectivity index (χ3v) is 5.31. The van der Waals surface area contributed by atoms with Crippen molar-refractivity contribution in [3.05, 3.63) is 29.8 Å². The minimum atomic E-state index is -0.921. The lowest BCUT2D eigenvalue weighted by Crippen LogP contribution is -2.47. The number of amides is 3. The SMILES string of the molecule is Cc1ccc(OC[C@@H](O)CN2C(=O)N[C@]3(CCSC3)C2=O)cc1. The highest BCUT2D eigenvalue weighted by Crippen LogP contribution is 2.33. The first-order valence-electron chi connectivity index (χ1n) is 7.60. The molecule has 1 aromatic carbocycles. The predicted octanol–water partition coefficient (Wildman–Crippen LogP) is 1.16. The van der Waals surface area contributed by atoms with Crippen LogP contribution in [0.1, 0.15) is 12.0 Å². The molecule has 0 aromatic heterocycles. The van der Waals surface area contributed by atoms with Crippen LogP contribution in [-0.2, 0) is 4.79 Å². The first-order valence-corrected chi connectivity index (χ1v) is 8.75. The van der Waals surface area contributed by atoms with Gasteiger partial charge in [-0.25, -0.2) is 4.79 Å². The average molecular weight is 336 g/mol. The quantitative estimate of drug-likeness (QED) is 0.789. The molecule has 2 N–H and O–H groups in total. The minimum absolute atomic E-state index is 0.0296. The van der Waals surface area contributed by atoms with E-state index in [2.05, 4.69) is 5.32 Å². The molecule has 1 spiro atoms. The van der Waals surface area contributed by atoms with Crippen LogP contribution in [-0.4, -0.2) is 58.2 Å². The largest absolute Gasteiger partial charge is 0.491 e. The highest BCUT2D eigenvalue weighted by atomic mass is 32.2. The van der Waals surface area contributed by atoms with E-state index in [1.165, 1.54) is 0 Å². The van der Waals surface area contributed by atoms with E-state index in [4.69, 9.17) is 4.74 Å². The fraction of sp³-hybridized carbons (Fsp3) is 0.500. The van der Waals surface area contributed by atoms with E-state index in [1.807, 2.05) is 31.2 Å². The molecular formula is C16H20N2O4S. The van der Waals surface area contributed by atoms with Crippen LogP contribution in [0.2, 0.25) is 0 Å². The van der Waals surface area contributed by atoms with Gasteiger partial charge in [0.1, 0.15) is 24.0 Å². The van der Waals surface area contributed by atoms with Gasteiger partial charge in [0.05, 0.1) is 6.54 Å². The van der Waals surface area contributed by atoms with Crippen LogP contribution in [0, 0.1) is 6.92 Å². The molecule has 1 aromatic rings. The van der Waals surface area contributed by atoms with Gasteiger partial charge < -0.3 is 15.2 Å². The predicted molar refractivity (Wildman–Crippen MR) is 87.6 cm³/mol. The van der Waals surface area contributed by atoms with Crippen LogP contribution in [0.15, 0.2) is 24.3 Å². The number of thioether (sulfide) groups is 1. The smallest absolute Gasteiger partial charge is 0.325 e. The van der Waals surface area contributed by atoms with E-state index < -0.39 is 17.7 Å². The van der Waals surface area contributed by atoms with Gasteiger partial charge in [0.2, 0.25) is 0 Å². The number of β-amino-alcohol motifs (C(OH)–C–C–N with tert-alkyl or cyclic N) is 1. The van der Waals surface area contributed by atoms with Crippen molar-refractivity contribution >= 4 is 23.7 Å². The summed E-state index contributed by atoms with van der Waals surface area (Å²) in [5, 5.41) is 12.9. The molecule has 7 heteroatoms. The Hall–Kier alpha value is -1.73. The van der Waals surface area contributed by atoms with Gasteiger partial charge in [-0.05, 0) is 31.2 Å². The Kier molecular flexibility index (Phi) is 4.50. The first kappa shape index (κ1) is 16.1. The van der Waals surface area contributed by atoms with E-state index in [0.29, 0.717) is 17.9 Å². The maximum Gasteiger partial charge on any atom is 0.325 e. The first-order chi connectivity index (χ1) is 11.0. The van der Waals surface area contributed by atoms with Gasteiger partial charge in [0, 0.05) is 5.75 Å². The Bertz CT molecular complexity index is 599. The molecule has 2 aliphatic heterocycles. The molecule has 124 valence electrons. The molecule has 23 heavy (non-hydrogen) atoms. The second-order valence-corrected chi connectivity index (χ2v) is 7.11. The number of carbonyl (C=O) groups excluding carboxylic acids is 2. The van der Waals surface area contributed by atoms with Crippen LogP contribution in [0.3, 0.4) is 0 Å². The summed E-state index contributed by atoms with van der Waals surface area (Å²) >= 11 is 1.66. The van der Waals surface area contributed by atoms with Crippen LogP contribution in [0.4, 0.5) is 4.79 Å². The Morgan fingerprint density at radius 2 is 2.13 bits per heavy atom. The zero-order valence-corrected chi connectivity index (χ0v) is 13.8. The average Bonchev–Trinajstić information content (AvgIpc) is 3.08. The van der Waals surface area contributed by atoms with Crippen molar-refractivity contribution in [2.45, 2.75) is 25.0 Å². The van der Waals surface area contributed by atoms with Gasteiger partial charge in [-0.1, -0.05) is 17.7 Å². The lowest BCUT2D eigenvalue weighted by atomic mass is 9.99. The molecular weight excluding hydrogens is 316 g/mol. The summed E-state index contributed by atoms with van der Waals surface area (Å²) in [5.41, 5.74) is 0.358. The molecule has 3 rings (SSSR count). The van der Waals surface area contributed by atoms with E-state index in [-0.39, 0.29) is 19.1 Å². The Morgan fingerprint density at radius 3 is 2.78 bits per heavy atom. The molecule has 0 saturated carbocycles. The lowest BCUT2D eigenvalue weighted by molar-refractivity contribution is -0.131. The van der Waals surface area contributed by atoms with Crippen molar-refractivity contribution in [2.24, 2.45) is 0 Å². The number of carbonyl (C=O) groups is 2. The van der Waals surface area contributed by atoms with Crippen LogP contribution < -0.4 is 10.1 Å². The second-order valence-electron chi connectivity index (χ2n) is 6.01. The summed E-state index contributed by atoms with van der Waals surface area (Å²) in [6, 6.07) is 7.05. The summed E-state index contributed by atoms with van der Waals surface area (Å²) in [6.45, 7) is 1.96. The number of hydrogen-bond acceptors (Lipinski definition) is 5. The summed E-state index contributed by atoms with van der Waals surface area (Å²) < 4.78 is 5.50. The molecule has 0 unspecified atom stereocenters. The van der Waals surface area contributed by atoms with E-state index >= 15 is 0 Å². The van der Waals surface area contributed by atoms with Crippen LogP contribution in [0.25, 0.3) is 0 Å². The fourth-order valence-electron chi connectivity index (χ4n) is 2.76. The van der Waals surface area contributed by atoms with Crippen molar-refractivity contribution in [2.75, 3.05) is 24.7 Å². The number of hydrogen-bond donors (Lipinski definition) is 2. The maximum absolute atomic E-state index is 12.5. The number of nitrogens with one attached hydrogen (secondary N) is 1. The van der Waals surface area contributed by atoms with Gasteiger partial charge >= 0.3 is 6.03 Å². The molecule has 2 fully saturated rings. The zero-order chi connectivity index (χ0) is 16.4. The van der Waals surface area contributed by atoms with Crippen molar-refractivity contribution in [3.8, 4) is 5.75 Å². The Labute approximate surface area is 139 Å². The summed E-state index contributed by atoms with van der Waals surface area (Å²) in [4.78, 5) is 25.6. The van der Waals surface area contributed by atoms with Gasteiger partial charge in [-0.15, -0.1) is 0 Å². The third-order valence-electron chi connectivity index (χ3n) is 4.12. The van der Waals surface area contributed by atoms with Gasteiger partial charge in [-0.2, -0.15) is 11.8 Å². The molecule has 3 amide bonds. The number of aliphatic hydroxyl groups is 1. The number of ether oxygens (including phenoxy) is 1. The summed E-state index contributed by atoms with van der Waals surface area (Å²) in [5.74, 6) is 1.88. The lowest BCUT2D eigenvalue weighted by Gasteiger charge is -2.21. The van der Waals surface area contributed by atoms with Crippen molar-refractivity contribution in [3.63, 3.8) is 0 Å². The summed E-state index contributed by atoms with van der Waals surface area (Å²) in [7, 11) is 0. The van der Waals surface area contributed by atoms with Crippen LogP contribution >= 0.6 is 11.8 Å². The highest BCUT2D eigenvalue weighted by Gasteiger charge is 2.53. The van der Waals surface area contributed by atoms with E-state index in [9.17, 15) is 14.7 Å². The maximum atomic E-state index is 12.5. The van der Waals surface area contributed by atoms with Gasteiger partial charge in [-0.3, -0.25) is 9.69 Å². The molecule has 2 heterocycles. The van der Waals surface area contributed by atoms with E-state index in [0.717, 1.165) is 16.2 Å². The Balaban J connectivity index is 1.55. The standard InChI is InChI=1S/C16H20N2O4S/c1-11-2-4-13(5-3-11)22-9-12(19)8-18-14(20)16(17-15(18)21)6-7-23-10-16/h2-5,12,19H,6-10H2,1H3,(H,17,21)/t12-,16-/m0/s1. The van der Waals surface area contributed by atoms with Gasteiger partial charge in [0.15, 0.2) is 0 Å². The third kappa shape index (κ3) is 3.30. The molecule has 6 nitrogen and oxygen atoms in total. The Morgan fingerprint density at radius 1 is 1.39 bits per heavy atom. The second kappa shape index (κ2) is 6.41. The molecule has 0 aliphatic carbocycles. The molecule has 2 aliphatic rings. The number of urea groups is 1. The molecule has 2 atom stereocenters. The number of rotatable bonds is 5. The number of nitrogens with zero attached hydrogens (tertiary/aromatic N) is 1. The van der Waals surface area contributed by atoms with E-state index in [1.54, 1.807) is 11.8 Å². The number of imide groups is 1. The number of benzene rings is 1. The minimum Gasteiger partial charge on any atom is -0.491 e. The number of aliphatic hydroxyl groups excluding tert-OH is 1. The zero-order valence-electron chi connectivity index (χ0n) is 12.9. The fourth-order valence-corrected chi connectivity index (χ4v) is 4.09. The molecule has 0 radical (unpaired) electrons. The monoisotopic (exact) mass is 336 g/mol. The normalized spacial score (nSPS) is 25.0. The highest BCUT2D eigenvalue weighted by molar-refractivity contribution is 7.99. The van der Waals surface area contributed by atoms with Crippen molar-refractivity contribution in [1.82, 2.24) is 10.2 Å². The van der Waals surface area contributed by atoms with Crippen molar-refractivity contribution < 1.29 is 19.4 Å². The van der Waals surface area contributed by atoms with Crippen LogP contribution in [0.5, 0.6) is 5.75 Å². The number of aryl methyl sites for hydroxylation is 1. The van der Waals surface area contributed by atoms with Crippen molar-refractivity contribution in [1.29, 1.82) is 0 Å².